The molecule has 8 heteroatoms. The number of carbonyl (C=O) groups is 3. The Kier molecular flexibility index (Phi) is 6.97. The molecule has 0 radical (unpaired) electrons. The number of hydrogen-bond acceptors (Lipinski definition) is 5. The molecule has 1 saturated heterocycles. The second-order valence-electron chi connectivity index (χ2n) is 7.43. The van der Waals surface area contributed by atoms with Crippen LogP contribution in [-0.4, -0.2) is 66.5 Å². The van der Waals surface area contributed by atoms with E-state index in [2.05, 4.69) is 15.6 Å². The second kappa shape index (κ2) is 9.64. The lowest BCUT2D eigenvalue weighted by Crippen LogP contribution is -2.54. The number of nitrogens with one attached hydrogen (secondary N) is 2. The fourth-order valence-electron chi connectivity index (χ4n) is 3.97. The molecule has 28 heavy (non-hydrogen) atoms. The molecule has 2 N–H and O–H groups in total. The molecular formula is C20H28N4O4. The Bertz CT molecular complexity index is 697. The molecule has 2 fully saturated rings. The number of pyridine rings is 1. The normalized spacial score (nSPS) is 25.1. The Morgan fingerprint density at radius 1 is 1.39 bits per heavy atom. The predicted molar refractivity (Wildman–Crippen MR) is 102 cm³/mol. The Labute approximate surface area is 165 Å². The minimum absolute atomic E-state index is 0.000915. The van der Waals surface area contributed by atoms with Crippen molar-refractivity contribution >= 4 is 17.7 Å². The lowest BCUT2D eigenvalue weighted by atomic mass is 9.82. The first kappa shape index (κ1) is 20.3. The Balaban J connectivity index is 1.54. The quantitative estimate of drug-likeness (QED) is 0.729. The van der Waals surface area contributed by atoms with Crippen molar-refractivity contribution in [1.82, 2.24) is 20.5 Å². The lowest BCUT2D eigenvalue weighted by Gasteiger charge is -2.38. The first-order valence-corrected chi connectivity index (χ1v) is 9.83. The van der Waals surface area contributed by atoms with Gasteiger partial charge in [-0.15, -0.1) is 0 Å². The van der Waals surface area contributed by atoms with Crippen LogP contribution in [0.1, 0.15) is 31.2 Å². The third-order valence-corrected chi connectivity index (χ3v) is 5.50. The first-order chi connectivity index (χ1) is 13.6. The van der Waals surface area contributed by atoms with Crippen LogP contribution in [0.15, 0.2) is 24.5 Å². The molecular weight excluding hydrogens is 360 g/mol. The van der Waals surface area contributed by atoms with E-state index in [1.807, 2.05) is 12.1 Å². The standard InChI is InChI=1S/C20H28N4O4/c1-28-17-6-5-15(20(27)24-10-9-22-19(26)13-24)11-16(17)23-18(25)7-4-14-3-2-8-21-12-14/h2-3,8,12,15-17H,4-7,9-11,13H2,1H3,(H,22,26)(H,23,25)/t15-,16+,17+/m0/s1. The molecule has 3 atom stereocenters. The van der Waals surface area contributed by atoms with E-state index in [-0.39, 0.29) is 42.3 Å². The van der Waals surface area contributed by atoms with Crippen LogP contribution < -0.4 is 10.6 Å². The number of amides is 3. The fourth-order valence-corrected chi connectivity index (χ4v) is 3.97. The minimum Gasteiger partial charge on any atom is -0.379 e. The van der Waals surface area contributed by atoms with Crippen molar-refractivity contribution in [3.63, 3.8) is 0 Å². The van der Waals surface area contributed by atoms with Gasteiger partial charge in [0, 0.05) is 44.9 Å². The number of hydrogen-bond donors (Lipinski definition) is 2. The second-order valence-corrected chi connectivity index (χ2v) is 7.43. The van der Waals surface area contributed by atoms with Gasteiger partial charge in [-0.1, -0.05) is 6.07 Å². The van der Waals surface area contributed by atoms with Crippen molar-refractivity contribution in [1.29, 1.82) is 0 Å². The van der Waals surface area contributed by atoms with E-state index in [1.54, 1.807) is 24.4 Å². The monoisotopic (exact) mass is 388 g/mol. The van der Waals surface area contributed by atoms with E-state index < -0.39 is 0 Å². The summed E-state index contributed by atoms with van der Waals surface area (Å²) in [5.41, 5.74) is 1.01. The average Bonchev–Trinajstić information content (AvgIpc) is 2.72. The van der Waals surface area contributed by atoms with E-state index in [1.165, 1.54) is 0 Å². The molecule has 1 aromatic heterocycles. The van der Waals surface area contributed by atoms with Crippen LogP contribution in [0.2, 0.25) is 0 Å². The van der Waals surface area contributed by atoms with Gasteiger partial charge in [-0.2, -0.15) is 0 Å². The Morgan fingerprint density at radius 2 is 2.25 bits per heavy atom. The van der Waals surface area contributed by atoms with Crippen molar-refractivity contribution in [3.8, 4) is 0 Å². The van der Waals surface area contributed by atoms with E-state index in [4.69, 9.17) is 4.74 Å². The number of aryl methyl sites for hydroxylation is 1. The summed E-state index contributed by atoms with van der Waals surface area (Å²) in [6.45, 7) is 1.15. The highest BCUT2D eigenvalue weighted by atomic mass is 16.5. The fraction of sp³-hybridized carbons (Fsp3) is 0.600. The molecule has 2 aliphatic rings. The zero-order valence-corrected chi connectivity index (χ0v) is 16.2. The summed E-state index contributed by atoms with van der Waals surface area (Å²) in [5.74, 6) is -0.369. The summed E-state index contributed by atoms with van der Waals surface area (Å²) in [7, 11) is 1.64. The van der Waals surface area contributed by atoms with Gasteiger partial charge in [0.15, 0.2) is 0 Å². The van der Waals surface area contributed by atoms with Crippen molar-refractivity contribution in [2.24, 2.45) is 5.92 Å². The van der Waals surface area contributed by atoms with Gasteiger partial charge < -0.3 is 20.3 Å². The molecule has 0 unspecified atom stereocenters. The van der Waals surface area contributed by atoms with E-state index in [0.717, 1.165) is 5.56 Å². The molecule has 0 spiro atoms. The van der Waals surface area contributed by atoms with Gasteiger partial charge in [-0.3, -0.25) is 19.4 Å². The van der Waals surface area contributed by atoms with Crippen molar-refractivity contribution in [2.45, 2.75) is 44.2 Å². The molecule has 0 bridgehead atoms. The van der Waals surface area contributed by atoms with Crippen molar-refractivity contribution < 1.29 is 19.1 Å². The van der Waals surface area contributed by atoms with Crippen LogP contribution in [0.4, 0.5) is 0 Å². The average molecular weight is 388 g/mol. The number of piperazine rings is 1. The summed E-state index contributed by atoms with van der Waals surface area (Å²) in [6.07, 6.45) is 6.30. The Hall–Kier alpha value is -2.48. The highest BCUT2D eigenvalue weighted by Gasteiger charge is 2.37. The maximum absolute atomic E-state index is 12.8. The van der Waals surface area contributed by atoms with Gasteiger partial charge >= 0.3 is 0 Å². The van der Waals surface area contributed by atoms with Crippen LogP contribution in [0.25, 0.3) is 0 Å². The molecule has 0 aromatic carbocycles. The minimum atomic E-state index is -0.201. The number of ether oxygens (including phenoxy) is 1. The highest BCUT2D eigenvalue weighted by Crippen LogP contribution is 2.28. The molecule has 1 saturated carbocycles. The van der Waals surface area contributed by atoms with E-state index >= 15 is 0 Å². The summed E-state index contributed by atoms with van der Waals surface area (Å²) in [6, 6.07) is 3.60. The van der Waals surface area contributed by atoms with Crippen molar-refractivity contribution in [2.75, 3.05) is 26.7 Å². The zero-order chi connectivity index (χ0) is 19.9. The molecule has 2 heterocycles. The zero-order valence-electron chi connectivity index (χ0n) is 16.2. The van der Waals surface area contributed by atoms with Crippen LogP contribution in [0.5, 0.6) is 0 Å². The van der Waals surface area contributed by atoms with Gasteiger partial charge in [0.05, 0.1) is 18.7 Å². The maximum Gasteiger partial charge on any atom is 0.239 e. The molecule has 8 nitrogen and oxygen atoms in total. The van der Waals surface area contributed by atoms with Crippen LogP contribution in [0.3, 0.4) is 0 Å². The van der Waals surface area contributed by atoms with Gasteiger partial charge in [-0.05, 0) is 37.3 Å². The molecule has 3 amide bonds. The number of aromatic nitrogens is 1. The largest absolute Gasteiger partial charge is 0.379 e. The smallest absolute Gasteiger partial charge is 0.239 e. The molecule has 3 rings (SSSR count). The predicted octanol–water partition coefficient (Wildman–Crippen LogP) is 0.273. The SMILES string of the molecule is CO[C@@H]1CC[C@H](C(=O)N2CCNC(=O)C2)C[C@H]1NC(=O)CCc1cccnc1. The van der Waals surface area contributed by atoms with Gasteiger partial charge in [-0.25, -0.2) is 0 Å². The van der Waals surface area contributed by atoms with Gasteiger partial charge in [0.1, 0.15) is 0 Å². The molecule has 1 aromatic rings. The van der Waals surface area contributed by atoms with Gasteiger partial charge in [0.25, 0.3) is 0 Å². The van der Waals surface area contributed by atoms with E-state index in [9.17, 15) is 14.4 Å². The number of nitrogens with zero attached hydrogens (tertiary/aromatic N) is 2. The first-order valence-electron chi connectivity index (χ1n) is 9.83. The van der Waals surface area contributed by atoms with Gasteiger partial charge in [0.2, 0.25) is 17.7 Å². The topological polar surface area (TPSA) is 101 Å². The summed E-state index contributed by atoms with van der Waals surface area (Å²) < 4.78 is 5.54. The van der Waals surface area contributed by atoms with Crippen LogP contribution in [0, 0.1) is 5.92 Å². The van der Waals surface area contributed by atoms with Crippen molar-refractivity contribution in [3.05, 3.63) is 30.1 Å². The summed E-state index contributed by atoms with van der Waals surface area (Å²) >= 11 is 0. The molecule has 152 valence electrons. The molecule has 1 aliphatic heterocycles. The Morgan fingerprint density at radius 3 is 2.96 bits per heavy atom. The summed E-state index contributed by atoms with van der Waals surface area (Å²) in [4.78, 5) is 42.5. The third-order valence-electron chi connectivity index (χ3n) is 5.50. The number of methoxy groups -OCH3 is 1. The number of rotatable bonds is 6. The lowest BCUT2D eigenvalue weighted by molar-refractivity contribution is -0.143. The highest BCUT2D eigenvalue weighted by molar-refractivity contribution is 5.87. The maximum atomic E-state index is 12.8. The third kappa shape index (κ3) is 5.28. The summed E-state index contributed by atoms with van der Waals surface area (Å²) in [5, 5.41) is 5.79. The van der Waals surface area contributed by atoms with Crippen LogP contribution in [-0.2, 0) is 25.5 Å². The number of carbonyl (C=O) groups excluding carboxylic acids is 3. The van der Waals surface area contributed by atoms with E-state index in [0.29, 0.717) is 45.2 Å². The molecule has 1 aliphatic carbocycles. The van der Waals surface area contributed by atoms with Crippen LogP contribution >= 0.6 is 0 Å².